The van der Waals surface area contributed by atoms with Gasteiger partial charge in [-0.2, -0.15) is 0 Å². The molecule has 0 bridgehead atoms. The van der Waals surface area contributed by atoms with Crippen LogP contribution in [-0.4, -0.2) is 19.1 Å². The Bertz CT molecular complexity index is 351. The first-order valence-electron chi connectivity index (χ1n) is 5.75. The van der Waals surface area contributed by atoms with Crippen molar-refractivity contribution in [3.8, 4) is 0 Å². The van der Waals surface area contributed by atoms with E-state index in [2.05, 4.69) is 5.32 Å². The number of hydrogen-bond acceptors (Lipinski definition) is 3. The van der Waals surface area contributed by atoms with Crippen LogP contribution in [0, 0.1) is 11.7 Å². The zero-order valence-electron chi connectivity index (χ0n) is 10.2. The van der Waals surface area contributed by atoms with Crippen molar-refractivity contribution >= 4 is 5.97 Å². The van der Waals surface area contributed by atoms with Crippen LogP contribution in [0.5, 0.6) is 0 Å². The highest BCUT2D eigenvalue weighted by Crippen LogP contribution is 2.03. The summed E-state index contributed by atoms with van der Waals surface area (Å²) in [7, 11) is 0. The summed E-state index contributed by atoms with van der Waals surface area (Å²) in [5, 5.41) is 3.14. The van der Waals surface area contributed by atoms with Gasteiger partial charge in [-0.05, 0) is 24.6 Å². The Hall–Kier alpha value is -1.42. The second kappa shape index (κ2) is 7.01. The fourth-order valence-corrected chi connectivity index (χ4v) is 1.40. The van der Waals surface area contributed by atoms with Gasteiger partial charge in [0.1, 0.15) is 5.82 Å². The van der Waals surface area contributed by atoms with Gasteiger partial charge in [0.2, 0.25) is 0 Å². The second-order valence-electron chi connectivity index (χ2n) is 3.91. The third kappa shape index (κ3) is 4.95. The maximum atomic E-state index is 12.6. The van der Waals surface area contributed by atoms with Crippen LogP contribution in [0.25, 0.3) is 0 Å². The quantitative estimate of drug-likeness (QED) is 0.773. The molecule has 3 nitrogen and oxygen atoms in total. The molecule has 17 heavy (non-hydrogen) atoms. The van der Waals surface area contributed by atoms with Crippen LogP contribution < -0.4 is 5.32 Å². The van der Waals surface area contributed by atoms with Gasteiger partial charge in [0.15, 0.2) is 0 Å². The number of carbonyl (C=O) groups excluding carboxylic acids is 1. The lowest BCUT2D eigenvalue weighted by Crippen LogP contribution is -2.27. The van der Waals surface area contributed by atoms with Crippen molar-refractivity contribution in [2.24, 2.45) is 5.92 Å². The molecule has 0 saturated carbocycles. The lowest BCUT2D eigenvalue weighted by molar-refractivity contribution is -0.147. The van der Waals surface area contributed by atoms with Crippen molar-refractivity contribution in [2.45, 2.75) is 20.4 Å². The molecule has 4 heteroatoms. The molecule has 0 aliphatic carbocycles. The molecule has 0 saturated heterocycles. The number of nitrogens with one attached hydrogen (secondary N) is 1. The number of carbonyl (C=O) groups is 1. The van der Waals surface area contributed by atoms with Crippen LogP contribution in [0.15, 0.2) is 24.3 Å². The standard InChI is InChI=1S/C13H18FNO2/c1-3-17-13(16)10(2)8-15-9-11-4-6-12(14)7-5-11/h4-7,10,15H,3,8-9H2,1-2H3. The lowest BCUT2D eigenvalue weighted by Gasteiger charge is -2.11. The van der Waals surface area contributed by atoms with Crippen LogP contribution in [-0.2, 0) is 16.1 Å². The summed E-state index contributed by atoms with van der Waals surface area (Å²) in [6, 6.07) is 6.28. The van der Waals surface area contributed by atoms with Crippen molar-refractivity contribution in [1.82, 2.24) is 5.32 Å². The zero-order chi connectivity index (χ0) is 12.7. The molecule has 0 aromatic heterocycles. The number of benzene rings is 1. The molecule has 1 unspecified atom stereocenters. The first-order valence-corrected chi connectivity index (χ1v) is 5.75. The van der Waals surface area contributed by atoms with E-state index in [0.29, 0.717) is 19.7 Å². The first-order chi connectivity index (χ1) is 8.13. The van der Waals surface area contributed by atoms with E-state index in [0.717, 1.165) is 5.56 Å². The average Bonchev–Trinajstić information content (AvgIpc) is 2.32. The van der Waals surface area contributed by atoms with E-state index < -0.39 is 0 Å². The monoisotopic (exact) mass is 239 g/mol. The maximum absolute atomic E-state index is 12.6. The molecule has 0 spiro atoms. The number of rotatable bonds is 6. The third-order valence-electron chi connectivity index (χ3n) is 2.38. The molecule has 0 heterocycles. The predicted molar refractivity (Wildman–Crippen MR) is 63.9 cm³/mol. The minimum Gasteiger partial charge on any atom is -0.466 e. The summed E-state index contributed by atoms with van der Waals surface area (Å²) in [6.45, 7) is 5.17. The molecule has 0 radical (unpaired) electrons. The Morgan fingerprint density at radius 3 is 2.65 bits per heavy atom. The van der Waals surface area contributed by atoms with Crippen molar-refractivity contribution in [2.75, 3.05) is 13.2 Å². The van der Waals surface area contributed by atoms with Crippen molar-refractivity contribution in [3.63, 3.8) is 0 Å². The van der Waals surface area contributed by atoms with Gasteiger partial charge in [0.25, 0.3) is 0 Å². The molecule has 94 valence electrons. The van der Waals surface area contributed by atoms with Crippen LogP contribution in [0.1, 0.15) is 19.4 Å². The molecular formula is C13H18FNO2. The van der Waals surface area contributed by atoms with Gasteiger partial charge >= 0.3 is 5.97 Å². The summed E-state index contributed by atoms with van der Waals surface area (Å²) in [5.74, 6) is -0.608. The van der Waals surface area contributed by atoms with Crippen molar-refractivity contribution in [3.05, 3.63) is 35.6 Å². The van der Waals surface area contributed by atoms with Gasteiger partial charge in [-0.3, -0.25) is 4.79 Å². The molecule has 1 rings (SSSR count). The Balaban J connectivity index is 2.27. The number of halogens is 1. The minimum absolute atomic E-state index is 0.171. The molecule has 0 amide bonds. The van der Waals surface area contributed by atoms with Gasteiger partial charge in [-0.1, -0.05) is 19.1 Å². The number of ether oxygens (including phenoxy) is 1. The Morgan fingerprint density at radius 2 is 2.06 bits per heavy atom. The van der Waals surface area contributed by atoms with Crippen LogP contribution in [0.2, 0.25) is 0 Å². The molecule has 1 atom stereocenters. The van der Waals surface area contributed by atoms with Gasteiger partial charge in [-0.25, -0.2) is 4.39 Å². The highest BCUT2D eigenvalue weighted by Gasteiger charge is 2.12. The van der Waals surface area contributed by atoms with E-state index in [1.165, 1.54) is 12.1 Å². The molecule has 1 aromatic rings. The van der Waals surface area contributed by atoms with Gasteiger partial charge in [-0.15, -0.1) is 0 Å². The highest BCUT2D eigenvalue weighted by molar-refractivity contribution is 5.72. The Morgan fingerprint density at radius 1 is 1.41 bits per heavy atom. The maximum Gasteiger partial charge on any atom is 0.309 e. The van der Waals surface area contributed by atoms with E-state index in [1.54, 1.807) is 19.1 Å². The highest BCUT2D eigenvalue weighted by atomic mass is 19.1. The van der Waals surface area contributed by atoms with Crippen LogP contribution >= 0.6 is 0 Å². The normalized spacial score (nSPS) is 12.2. The predicted octanol–water partition coefficient (Wildman–Crippen LogP) is 2.11. The van der Waals surface area contributed by atoms with E-state index in [1.807, 2.05) is 6.92 Å². The number of esters is 1. The smallest absolute Gasteiger partial charge is 0.309 e. The summed E-state index contributed by atoms with van der Waals surface area (Å²) in [6.07, 6.45) is 0. The van der Waals surface area contributed by atoms with E-state index in [4.69, 9.17) is 4.74 Å². The molecule has 0 aliphatic rings. The Kier molecular flexibility index (Phi) is 5.63. The van der Waals surface area contributed by atoms with Crippen LogP contribution in [0.4, 0.5) is 4.39 Å². The largest absolute Gasteiger partial charge is 0.466 e. The average molecular weight is 239 g/mol. The zero-order valence-corrected chi connectivity index (χ0v) is 10.2. The SMILES string of the molecule is CCOC(=O)C(C)CNCc1ccc(F)cc1. The number of hydrogen-bond donors (Lipinski definition) is 1. The minimum atomic E-state index is -0.242. The molecule has 1 aromatic carbocycles. The van der Waals surface area contributed by atoms with Gasteiger partial charge < -0.3 is 10.1 Å². The molecular weight excluding hydrogens is 221 g/mol. The summed E-state index contributed by atoms with van der Waals surface area (Å²) in [4.78, 5) is 11.3. The van der Waals surface area contributed by atoms with Crippen LogP contribution in [0.3, 0.4) is 0 Å². The van der Waals surface area contributed by atoms with E-state index in [-0.39, 0.29) is 17.7 Å². The summed E-state index contributed by atoms with van der Waals surface area (Å²) in [5.41, 5.74) is 0.988. The van der Waals surface area contributed by atoms with Gasteiger partial charge in [0, 0.05) is 13.1 Å². The molecule has 0 fully saturated rings. The topological polar surface area (TPSA) is 38.3 Å². The Labute approximate surface area is 101 Å². The van der Waals surface area contributed by atoms with E-state index in [9.17, 15) is 9.18 Å². The fraction of sp³-hybridized carbons (Fsp3) is 0.462. The lowest BCUT2D eigenvalue weighted by atomic mass is 10.1. The first kappa shape index (κ1) is 13.6. The second-order valence-corrected chi connectivity index (χ2v) is 3.91. The van der Waals surface area contributed by atoms with Crippen molar-refractivity contribution in [1.29, 1.82) is 0 Å². The van der Waals surface area contributed by atoms with Gasteiger partial charge in [0.05, 0.1) is 12.5 Å². The summed E-state index contributed by atoms with van der Waals surface area (Å²) < 4.78 is 17.5. The molecule has 0 aliphatic heterocycles. The fourth-order valence-electron chi connectivity index (χ4n) is 1.40. The summed E-state index contributed by atoms with van der Waals surface area (Å²) >= 11 is 0. The van der Waals surface area contributed by atoms with Crippen molar-refractivity contribution < 1.29 is 13.9 Å². The molecule has 1 N–H and O–H groups in total. The van der Waals surface area contributed by atoms with E-state index >= 15 is 0 Å². The third-order valence-corrected chi connectivity index (χ3v) is 2.38.